The molecule has 32 heavy (non-hydrogen) atoms. The fourth-order valence-electron chi connectivity index (χ4n) is 5.79. The number of benzene rings is 3. The molecule has 0 amide bonds. The molecule has 3 aromatic rings. The second kappa shape index (κ2) is 12.4. The van der Waals surface area contributed by atoms with E-state index < -0.39 is 6.60 Å². The average Bonchev–Trinajstić information content (AvgIpc) is 2.87. The Bertz CT molecular complexity index is 786. The molecule has 0 saturated carbocycles. The van der Waals surface area contributed by atoms with Crippen molar-refractivity contribution in [3.8, 4) is 0 Å². The van der Waals surface area contributed by atoms with Crippen molar-refractivity contribution in [1.82, 2.24) is 0 Å². The molecule has 0 aromatic heterocycles. The van der Waals surface area contributed by atoms with Crippen molar-refractivity contribution in [3.63, 3.8) is 0 Å². The van der Waals surface area contributed by atoms with Crippen molar-refractivity contribution in [2.24, 2.45) is 0 Å². The normalized spacial score (nSPS) is 12.9. The molecule has 0 aliphatic rings. The van der Waals surface area contributed by atoms with Crippen LogP contribution in [0, 0.1) is 0 Å². The molecule has 0 bridgehead atoms. The van der Waals surface area contributed by atoms with Crippen LogP contribution in [0.3, 0.4) is 0 Å². The summed E-state index contributed by atoms with van der Waals surface area (Å²) in [6.07, 6.45) is 14.7. The molecule has 0 radical (unpaired) electrons. The molecule has 0 atom stereocenters. The van der Waals surface area contributed by atoms with Gasteiger partial charge in [0.1, 0.15) is 0 Å². The molecule has 172 valence electrons. The van der Waals surface area contributed by atoms with E-state index in [-0.39, 0.29) is 0 Å². The molecule has 1 heteroatoms. The first-order valence-electron chi connectivity index (χ1n) is 12.9. The molecule has 0 aliphatic heterocycles. The first-order valence-corrected chi connectivity index (χ1v) is 15.6. The molecule has 0 unspecified atom stereocenters. The van der Waals surface area contributed by atoms with Gasteiger partial charge >= 0.3 is 197 Å². The van der Waals surface area contributed by atoms with Crippen molar-refractivity contribution in [3.05, 3.63) is 91.0 Å². The Labute approximate surface area is 197 Å². The zero-order chi connectivity index (χ0) is 22.6. The second-order valence-electron chi connectivity index (χ2n) is 9.44. The molecule has 0 nitrogen and oxygen atoms in total. The number of hydrogen-bond acceptors (Lipinski definition) is 0. The van der Waals surface area contributed by atoms with Crippen LogP contribution < -0.4 is 15.9 Å². The van der Waals surface area contributed by atoms with Crippen molar-refractivity contribution >= 4 is 22.5 Å². The summed E-state index contributed by atoms with van der Waals surface area (Å²) in [6, 6.07) is 34.6. The topological polar surface area (TPSA) is 0 Å². The number of unbranched alkanes of at least 4 members (excludes halogenated alkanes) is 7. The van der Waals surface area contributed by atoms with Crippen LogP contribution in [0.25, 0.3) is 0 Å². The first-order chi connectivity index (χ1) is 15.8. The number of rotatable bonds is 14. The van der Waals surface area contributed by atoms with E-state index in [1.54, 1.807) is 15.9 Å². The predicted octanol–water partition coefficient (Wildman–Crippen LogP) is 8.07. The first kappa shape index (κ1) is 24.7. The Kier molecular flexibility index (Phi) is 9.55. The SMILES string of the molecule is CCCCCCCCCCP(CCC)(c1ccccc1)(c1ccccc1)c1ccccc1. The minimum atomic E-state index is -2.57. The summed E-state index contributed by atoms with van der Waals surface area (Å²) in [6.45, 7) is 2.11. The van der Waals surface area contributed by atoms with Crippen LogP contribution in [0.2, 0.25) is 0 Å². The maximum atomic E-state index is 2.43. The summed E-state index contributed by atoms with van der Waals surface area (Å²) in [4.78, 5) is 0. The van der Waals surface area contributed by atoms with Crippen molar-refractivity contribution < 1.29 is 0 Å². The second-order valence-corrected chi connectivity index (χ2v) is 14.9. The van der Waals surface area contributed by atoms with Gasteiger partial charge in [-0.1, -0.05) is 0 Å². The Morgan fingerprint density at radius 2 is 0.781 bits per heavy atom. The van der Waals surface area contributed by atoms with Gasteiger partial charge in [0.15, 0.2) is 0 Å². The van der Waals surface area contributed by atoms with Crippen LogP contribution in [-0.4, -0.2) is 12.3 Å². The average molecular weight is 447 g/mol. The van der Waals surface area contributed by atoms with Gasteiger partial charge in [-0.2, -0.15) is 0 Å². The third-order valence-corrected chi connectivity index (χ3v) is 14.7. The van der Waals surface area contributed by atoms with Gasteiger partial charge in [-0.15, -0.1) is 0 Å². The summed E-state index contributed by atoms with van der Waals surface area (Å²) in [5.41, 5.74) is 0. The van der Waals surface area contributed by atoms with Crippen LogP contribution >= 0.6 is 6.60 Å². The Morgan fingerprint density at radius 3 is 1.16 bits per heavy atom. The molecular formula is C31H43P. The Hall–Kier alpha value is -1.91. The van der Waals surface area contributed by atoms with Gasteiger partial charge in [0.05, 0.1) is 0 Å². The molecule has 0 spiro atoms. The van der Waals surface area contributed by atoms with E-state index in [4.69, 9.17) is 0 Å². The quantitative estimate of drug-likeness (QED) is 0.173. The van der Waals surface area contributed by atoms with E-state index in [9.17, 15) is 0 Å². The van der Waals surface area contributed by atoms with E-state index in [1.807, 2.05) is 0 Å². The van der Waals surface area contributed by atoms with Gasteiger partial charge in [0.25, 0.3) is 0 Å². The molecule has 0 saturated heterocycles. The summed E-state index contributed by atoms with van der Waals surface area (Å²) < 4.78 is 0. The van der Waals surface area contributed by atoms with Gasteiger partial charge in [0, 0.05) is 0 Å². The third kappa shape index (κ3) is 5.18. The monoisotopic (exact) mass is 446 g/mol. The Balaban J connectivity index is 2.03. The zero-order valence-corrected chi connectivity index (χ0v) is 21.3. The van der Waals surface area contributed by atoms with Crippen molar-refractivity contribution in [1.29, 1.82) is 0 Å². The van der Waals surface area contributed by atoms with Crippen molar-refractivity contribution in [2.75, 3.05) is 12.3 Å². The summed E-state index contributed by atoms with van der Waals surface area (Å²) in [5, 5.41) is 4.71. The van der Waals surface area contributed by atoms with E-state index >= 15 is 0 Å². The van der Waals surface area contributed by atoms with Gasteiger partial charge in [-0.25, -0.2) is 0 Å². The third-order valence-electron chi connectivity index (χ3n) is 7.36. The maximum absolute atomic E-state index is 2.57. The van der Waals surface area contributed by atoms with Crippen LogP contribution in [0.15, 0.2) is 91.0 Å². The molecule has 0 heterocycles. The van der Waals surface area contributed by atoms with Crippen LogP contribution in [-0.2, 0) is 0 Å². The fraction of sp³-hybridized carbons (Fsp3) is 0.419. The zero-order valence-electron chi connectivity index (χ0n) is 20.4. The van der Waals surface area contributed by atoms with Gasteiger partial charge < -0.3 is 0 Å². The van der Waals surface area contributed by atoms with Crippen LogP contribution in [0.4, 0.5) is 0 Å². The standard InChI is InChI=1S/C31H43P/c1-3-5-6-7-8-9-10-20-28-32(27-4-2,29-21-14-11-15-22-29,30-23-16-12-17-24-30)31-25-18-13-19-26-31/h11-19,21-26H,3-10,20,27-28H2,1-2H3. The molecule has 0 aliphatic carbocycles. The molecule has 3 rings (SSSR count). The van der Waals surface area contributed by atoms with E-state index in [2.05, 4.69) is 105 Å². The molecule has 0 fully saturated rings. The molecular weight excluding hydrogens is 403 g/mol. The van der Waals surface area contributed by atoms with Crippen LogP contribution in [0.1, 0.15) is 71.6 Å². The molecule has 0 N–H and O–H groups in total. The summed E-state index contributed by atoms with van der Waals surface area (Å²) >= 11 is 0. The number of hydrogen-bond donors (Lipinski definition) is 0. The predicted molar refractivity (Wildman–Crippen MR) is 148 cm³/mol. The van der Waals surface area contributed by atoms with Gasteiger partial charge in [0.2, 0.25) is 0 Å². The molecule has 3 aromatic carbocycles. The summed E-state index contributed by atoms with van der Waals surface area (Å²) in [5.74, 6) is 0. The minimum absolute atomic E-state index is 1.20. The van der Waals surface area contributed by atoms with Gasteiger partial charge in [-0.3, -0.25) is 0 Å². The van der Waals surface area contributed by atoms with Crippen molar-refractivity contribution in [2.45, 2.75) is 71.6 Å². The fourth-order valence-corrected chi connectivity index (χ4v) is 13.0. The summed E-state index contributed by atoms with van der Waals surface area (Å²) in [7, 11) is 0. The van der Waals surface area contributed by atoms with Crippen LogP contribution in [0.5, 0.6) is 0 Å². The van der Waals surface area contributed by atoms with E-state index in [1.165, 1.54) is 70.1 Å². The van der Waals surface area contributed by atoms with E-state index in [0.29, 0.717) is 0 Å². The van der Waals surface area contributed by atoms with E-state index in [0.717, 1.165) is 0 Å². The van der Waals surface area contributed by atoms with Gasteiger partial charge in [-0.05, 0) is 0 Å². The Morgan fingerprint density at radius 1 is 0.406 bits per heavy atom.